The largest absolute Gasteiger partial charge is 0.466 e. The first-order valence-corrected chi connectivity index (χ1v) is 38.4. The van der Waals surface area contributed by atoms with Gasteiger partial charge in [-0.25, -0.2) is 0 Å². The van der Waals surface area contributed by atoms with Gasteiger partial charge in [0.2, 0.25) is 5.91 Å². The van der Waals surface area contributed by atoms with Gasteiger partial charge in [0.25, 0.3) is 0 Å². The van der Waals surface area contributed by atoms with Crippen LogP contribution in [0.5, 0.6) is 0 Å². The van der Waals surface area contributed by atoms with E-state index in [1.807, 2.05) is 0 Å². The van der Waals surface area contributed by atoms with Crippen LogP contribution in [0.2, 0.25) is 0 Å². The van der Waals surface area contributed by atoms with Gasteiger partial charge in [0.15, 0.2) is 0 Å². The smallest absolute Gasteiger partial charge is 0.305 e. The monoisotopic (exact) mass is 1170 g/mol. The number of esters is 1. The summed E-state index contributed by atoms with van der Waals surface area (Å²) in [6, 6.07) is -0.538. The average Bonchev–Trinajstić information content (AvgIpc) is 3.49. The quantitative estimate of drug-likeness (QED) is 0.0320. The molecule has 6 nitrogen and oxygen atoms in total. The van der Waals surface area contributed by atoms with Gasteiger partial charge in [0, 0.05) is 12.8 Å². The number of rotatable bonds is 73. The van der Waals surface area contributed by atoms with Crippen LogP contribution in [-0.4, -0.2) is 47.4 Å². The van der Waals surface area contributed by atoms with Crippen LogP contribution in [0.25, 0.3) is 0 Å². The molecule has 0 rings (SSSR count). The minimum atomic E-state index is -0.661. The standard InChI is InChI=1S/C77H151NO5/c1-3-5-7-9-11-13-15-17-18-42-46-49-53-57-61-65-69-75(80)74(73-79)78-76(81)70-66-62-58-54-50-47-43-40-38-36-34-32-30-28-26-24-22-20-19-21-23-25-27-29-31-33-35-37-39-41-44-48-52-56-60-64-68-72-83-77(82)71-67-63-59-55-51-45-16-14-12-10-8-6-4-2/h19,21,74-75,79-80H,3-18,20,22-73H2,1-2H3,(H,78,81)/b21-19-. The van der Waals surface area contributed by atoms with Crippen LogP contribution in [0.4, 0.5) is 0 Å². The van der Waals surface area contributed by atoms with Crippen molar-refractivity contribution in [2.24, 2.45) is 0 Å². The molecule has 0 radical (unpaired) electrons. The number of nitrogens with one attached hydrogen (secondary N) is 1. The number of aliphatic hydroxyl groups excluding tert-OH is 2. The highest BCUT2D eigenvalue weighted by molar-refractivity contribution is 5.76. The summed E-state index contributed by atoms with van der Waals surface area (Å²) >= 11 is 0. The number of hydrogen-bond donors (Lipinski definition) is 3. The first-order valence-electron chi connectivity index (χ1n) is 38.4. The summed E-state index contributed by atoms with van der Waals surface area (Å²) in [5.41, 5.74) is 0. The zero-order valence-corrected chi connectivity index (χ0v) is 56.7. The molecule has 0 saturated heterocycles. The van der Waals surface area contributed by atoms with Crippen LogP contribution in [0.3, 0.4) is 0 Å². The van der Waals surface area contributed by atoms with E-state index in [4.69, 9.17) is 4.74 Å². The highest BCUT2D eigenvalue weighted by Gasteiger charge is 2.20. The fraction of sp³-hybridized carbons (Fsp3) is 0.948. The van der Waals surface area contributed by atoms with E-state index in [1.54, 1.807) is 0 Å². The molecule has 0 saturated carbocycles. The summed E-state index contributed by atoms with van der Waals surface area (Å²) in [7, 11) is 0. The van der Waals surface area contributed by atoms with Crippen LogP contribution >= 0.6 is 0 Å². The first kappa shape index (κ1) is 81.6. The normalized spacial score (nSPS) is 12.5. The Morgan fingerprint density at radius 1 is 0.325 bits per heavy atom. The minimum absolute atomic E-state index is 0.0240. The van der Waals surface area contributed by atoms with E-state index < -0.39 is 12.1 Å². The third-order valence-electron chi connectivity index (χ3n) is 18.3. The van der Waals surface area contributed by atoms with Gasteiger partial charge in [-0.15, -0.1) is 0 Å². The molecule has 0 fully saturated rings. The molecule has 494 valence electrons. The molecule has 0 bridgehead atoms. The third-order valence-corrected chi connectivity index (χ3v) is 18.3. The molecule has 0 heterocycles. The number of carbonyl (C=O) groups is 2. The summed E-state index contributed by atoms with van der Waals surface area (Å²) in [5.74, 6) is -0.00285. The van der Waals surface area contributed by atoms with Crippen molar-refractivity contribution >= 4 is 11.9 Å². The van der Waals surface area contributed by atoms with Crippen LogP contribution < -0.4 is 5.32 Å². The molecule has 0 aliphatic heterocycles. The second kappa shape index (κ2) is 73.1. The molecular formula is C77H151NO5. The van der Waals surface area contributed by atoms with Gasteiger partial charge in [-0.2, -0.15) is 0 Å². The van der Waals surface area contributed by atoms with Crippen molar-refractivity contribution in [2.75, 3.05) is 13.2 Å². The zero-order valence-electron chi connectivity index (χ0n) is 56.7. The van der Waals surface area contributed by atoms with Crippen molar-refractivity contribution in [1.82, 2.24) is 5.32 Å². The average molecular weight is 1170 g/mol. The second-order valence-corrected chi connectivity index (χ2v) is 26.7. The topological polar surface area (TPSA) is 95.9 Å². The molecule has 0 spiro atoms. The van der Waals surface area contributed by atoms with E-state index in [-0.39, 0.29) is 18.5 Å². The molecular weight excluding hydrogens is 1020 g/mol. The van der Waals surface area contributed by atoms with Gasteiger partial charge in [-0.05, 0) is 51.4 Å². The molecule has 83 heavy (non-hydrogen) atoms. The number of amides is 1. The summed E-state index contributed by atoms with van der Waals surface area (Å²) < 4.78 is 5.49. The maximum absolute atomic E-state index is 12.5. The summed E-state index contributed by atoms with van der Waals surface area (Å²) in [6.45, 7) is 5.00. The van der Waals surface area contributed by atoms with Crippen molar-refractivity contribution < 1.29 is 24.5 Å². The Kier molecular flexibility index (Phi) is 71.8. The molecule has 2 atom stereocenters. The van der Waals surface area contributed by atoms with E-state index in [9.17, 15) is 19.8 Å². The maximum atomic E-state index is 12.5. The van der Waals surface area contributed by atoms with Gasteiger partial charge in [0.05, 0.1) is 25.4 Å². The van der Waals surface area contributed by atoms with E-state index in [0.29, 0.717) is 25.9 Å². The van der Waals surface area contributed by atoms with Gasteiger partial charge in [0.1, 0.15) is 0 Å². The Hall–Kier alpha value is -1.40. The van der Waals surface area contributed by atoms with Gasteiger partial charge >= 0.3 is 5.97 Å². The maximum Gasteiger partial charge on any atom is 0.305 e. The minimum Gasteiger partial charge on any atom is -0.466 e. The Labute approximate surface area is 520 Å². The van der Waals surface area contributed by atoms with Gasteiger partial charge in [-0.3, -0.25) is 9.59 Å². The molecule has 0 aliphatic rings. The van der Waals surface area contributed by atoms with E-state index >= 15 is 0 Å². The number of carbonyl (C=O) groups excluding carboxylic acids is 2. The van der Waals surface area contributed by atoms with E-state index in [1.165, 1.54) is 372 Å². The summed E-state index contributed by atoms with van der Waals surface area (Å²) in [6.07, 6.45) is 91.6. The second-order valence-electron chi connectivity index (χ2n) is 26.7. The van der Waals surface area contributed by atoms with Crippen LogP contribution in [-0.2, 0) is 14.3 Å². The molecule has 1 amide bonds. The molecule has 3 N–H and O–H groups in total. The van der Waals surface area contributed by atoms with E-state index in [2.05, 4.69) is 31.3 Å². The van der Waals surface area contributed by atoms with Crippen LogP contribution in [0, 0.1) is 0 Å². The molecule has 6 heteroatoms. The molecule has 0 aliphatic carbocycles. The fourth-order valence-corrected chi connectivity index (χ4v) is 12.5. The molecule has 2 unspecified atom stereocenters. The zero-order chi connectivity index (χ0) is 59.9. The van der Waals surface area contributed by atoms with Crippen molar-refractivity contribution in [3.63, 3.8) is 0 Å². The van der Waals surface area contributed by atoms with Crippen molar-refractivity contribution in [3.05, 3.63) is 12.2 Å². The Bertz CT molecular complexity index is 1260. The highest BCUT2D eigenvalue weighted by atomic mass is 16.5. The predicted molar refractivity (Wildman–Crippen MR) is 366 cm³/mol. The van der Waals surface area contributed by atoms with Gasteiger partial charge < -0.3 is 20.3 Å². The Balaban J connectivity index is 3.32. The lowest BCUT2D eigenvalue weighted by Crippen LogP contribution is -2.45. The van der Waals surface area contributed by atoms with E-state index in [0.717, 1.165) is 38.5 Å². The molecule has 0 aromatic heterocycles. The molecule has 0 aromatic carbocycles. The van der Waals surface area contributed by atoms with Crippen LogP contribution in [0.15, 0.2) is 12.2 Å². The fourth-order valence-electron chi connectivity index (χ4n) is 12.5. The van der Waals surface area contributed by atoms with Crippen molar-refractivity contribution in [2.45, 2.75) is 456 Å². The lowest BCUT2D eigenvalue weighted by Gasteiger charge is -2.22. The number of ether oxygens (including phenoxy) is 1. The van der Waals surface area contributed by atoms with Gasteiger partial charge in [-0.1, -0.05) is 392 Å². The predicted octanol–water partition coefficient (Wildman–Crippen LogP) is 25.1. The Morgan fingerprint density at radius 3 is 0.855 bits per heavy atom. The first-order chi connectivity index (χ1) is 41.0. The number of unbranched alkanes of at least 4 members (excludes halogenated alkanes) is 60. The number of aliphatic hydroxyl groups is 2. The summed E-state index contributed by atoms with van der Waals surface area (Å²) in [4.78, 5) is 24.6. The SMILES string of the molecule is CCCCCCCCCCCCCCCCCCC(O)C(CO)NC(=O)CCCCCCCCCCCCCCCCCCC/C=C\CCCCCCCCCCCCCCCCCCOC(=O)CCCCCCCCCCCCCCC. The summed E-state index contributed by atoms with van der Waals surface area (Å²) in [5, 5.41) is 23.4. The van der Waals surface area contributed by atoms with Crippen molar-refractivity contribution in [1.29, 1.82) is 0 Å². The highest BCUT2D eigenvalue weighted by Crippen LogP contribution is 2.20. The van der Waals surface area contributed by atoms with Crippen molar-refractivity contribution in [3.8, 4) is 0 Å². The lowest BCUT2D eigenvalue weighted by molar-refractivity contribution is -0.143. The number of hydrogen-bond acceptors (Lipinski definition) is 5. The Morgan fingerprint density at radius 2 is 0.566 bits per heavy atom. The number of allylic oxidation sites excluding steroid dienone is 2. The van der Waals surface area contributed by atoms with Crippen LogP contribution in [0.1, 0.15) is 444 Å². The lowest BCUT2D eigenvalue weighted by atomic mass is 10.0. The third kappa shape index (κ3) is 69.6. The molecule has 0 aromatic rings.